The van der Waals surface area contributed by atoms with Crippen LogP contribution in [-0.2, 0) is 0 Å². The number of halogens is 2. The molecule has 0 aliphatic heterocycles. The maximum Gasteiger partial charge on any atom is 0.142 e. The van der Waals surface area contributed by atoms with Crippen LogP contribution in [0.15, 0.2) is 29.8 Å². The molecule has 1 aromatic carbocycles. The van der Waals surface area contributed by atoms with Crippen LogP contribution in [0.25, 0.3) is 0 Å². The molecule has 0 saturated heterocycles. The molecule has 0 saturated carbocycles. The molecule has 3 N–H and O–H groups in total. The molecular weight excluding hydrogens is 251 g/mol. The first-order chi connectivity index (χ1) is 8.74. The summed E-state index contributed by atoms with van der Waals surface area (Å²) < 4.78 is 13.5. The predicted molar refractivity (Wildman–Crippen MR) is 72.6 cm³/mol. The van der Waals surface area contributed by atoms with Crippen molar-refractivity contribution in [3.63, 3.8) is 0 Å². The van der Waals surface area contributed by atoms with Gasteiger partial charge in [-0.2, -0.15) is 0 Å². The zero-order valence-electron chi connectivity index (χ0n) is 10.3. The lowest BCUT2D eigenvalue weighted by molar-refractivity contribution is 0.581. The highest BCUT2D eigenvalue weighted by molar-refractivity contribution is 6.31. The minimum atomic E-state index is -0.399. The lowest BCUT2D eigenvalue weighted by atomic mass is 9.95. The van der Waals surface area contributed by atoms with Crippen molar-refractivity contribution in [2.24, 2.45) is 5.84 Å². The van der Waals surface area contributed by atoms with E-state index in [-0.39, 0.29) is 11.1 Å². The molecule has 2 rings (SSSR count). The zero-order chi connectivity index (χ0) is 13.0. The molecule has 2 nitrogen and oxygen atoms in total. The number of hydrogen-bond donors (Lipinski definition) is 2. The van der Waals surface area contributed by atoms with Crippen molar-refractivity contribution < 1.29 is 4.39 Å². The standard InChI is InChI=1S/C14H18ClFN2/c15-13-11(8-5-9-12(13)16)14(18-17)10-6-3-1-2-4-7-10/h5-6,8-9,14,18H,1-4,7,17H2. The van der Waals surface area contributed by atoms with Gasteiger partial charge in [-0.3, -0.25) is 5.84 Å². The van der Waals surface area contributed by atoms with Gasteiger partial charge in [-0.05, 0) is 37.3 Å². The first-order valence-corrected chi connectivity index (χ1v) is 6.71. The highest BCUT2D eigenvalue weighted by Gasteiger charge is 2.20. The van der Waals surface area contributed by atoms with E-state index in [2.05, 4.69) is 11.5 Å². The lowest BCUT2D eigenvalue weighted by Crippen LogP contribution is -2.29. The van der Waals surface area contributed by atoms with Crippen LogP contribution >= 0.6 is 11.6 Å². The zero-order valence-corrected chi connectivity index (χ0v) is 11.0. The number of nitrogens with two attached hydrogens (primary N) is 1. The summed E-state index contributed by atoms with van der Waals surface area (Å²) in [6.45, 7) is 0. The number of rotatable bonds is 3. The molecule has 1 unspecified atom stereocenters. The highest BCUT2D eigenvalue weighted by Crippen LogP contribution is 2.33. The fourth-order valence-electron chi connectivity index (χ4n) is 2.44. The van der Waals surface area contributed by atoms with Gasteiger partial charge in [0.2, 0.25) is 0 Å². The molecule has 1 aliphatic carbocycles. The molecule has 1 atom stereocenters. The van der Waals surface area contributed by atoms with E-state index in [9.17, 15) is 4.39 Å². The topological polar surface area (TPSA) is 38.0 Å². The van der Waals surface area contributed by atoms with Crippen LogP contribution in [0.1, 0.15) is 43.7 Å². The third-order valence-electron chi connectivity index (χ3n) is 3.41. The SMILES string of the molecule is NNC(C1=CCCCCC1)c1cccc(F)c1Cl. The van der Waals surface area contributed by atoms with E-state index in [1.807, 2.05) is 6.07 Å². The van der Waals surface area contributed by atoms with Crippen molar-refractivity contribution in [1.82, 2.24) is 5.43 Å². The van der Waals surface area contributed by atoms with Crippen LogP contribution in [0, 0.1) is 5.82 Å². The monoisotopic (exact) mass is 268 g/mol. The quantitative estimate of drug-likeness (QED) is 0.496. The summed E-state index contributed by atoms with van der Waals surface area (Å²) in [5.41, 5.74) is 4.69. The Morgan fingerprint density at radius 2 is 2.11 bits per heavy atom. The van der Waals surface area contributed by atoms with Crippen LogP contribution in [-0.4, -0.2) is 0 Å². The summed E-state index contributed by atoms with van der Waals surface area (Å²) in [5, 5.41) is 0.158. The number of nitrogens with one attached hydrogen (secondary N) is 1. The van der Waals surface area contributed by atoms with Crippen LogP contribution in [0.2, 0.25) is 5.02 Å². The van der Waals surface area contributed by atoms with E-state index in [1.54, 1.807) is 6.07 Å². The average Bonchev–Trinajstić information content (AvgIpc) is 2.64. The van der Waals surface area contributed by atoms with Crippen molar-refractivity contribution >= 4 is 11.6 Å². The van der Waals surface area contributed by atoms with Gasteiger partial charge in [0.25, 0.3) is 0 Å². The van der Waals surface area contributed by atoms with Gasteiger partial charge >= 0.3 is 0 Å². The van der Waals surface area contributed by atoms with Crippen LogP contribution in [0.5, 0.6) is 0 Å². The second-order valence-corrected chi connectivity index (χ2v) is 5.00. The number of hydrazine groups is 1. The first kappa shape index (κ1) is 13.5. The van der Waals surface area contributed by atoms with Crippen molar-refractivity contribution in [3.05, 3.63) is 46.3 Å². The summed E-state index contributed by atoms with van der Waals surface area (Å²) in [6.07, 6.45) is 7.84. The van der Waals surface area contributed by atoms with E-state index in [1.165, 1.54) is 24.5 Å². The van der Waals surface area contributed by atoms with E-state index < -0.39 is 5.82 Å². The van der Waals surface area contributed by atoms with Gasteiger partial charge in [0.15, 0.2) is 0 Å². The predicted octanol–water partition coefficient (Wildman–Crippen LogP) is 3.87. The van der Waals surface area contributed by atoms with Crippen molar-refractivity contribution in [2.45, 2.75) is 38.1 Å². The Labute approximate surface area is 112 Å². The molecule has 0 spiro atoms. The Balaban J connectivity index is 2.32. The van der Waals surface area contributed by atoms with Gasteiger partial charge in [0, 0.05) is 0 Å². The van der Waals surface area contributed by atoms with Crippen LogP contribution in [0.3, 0.4) is 0 Å². The Hall–Kier alpha value is -0.900. The second-order valence-electron chi connectivity index (χ2n) is 4.62. The van der Waals surface area contributed by atoms with Crippen LogP contribution < -0.4 is 11.3 Å². The summed E-state index contributed by atoms with van der Waals surface area (Å²) in [6, 6.07) is 4.66. The molecule has 0 aromatic heterocycles. The van der Waals surface area contributed by atoms with Crippen molar-refractivity contribution in [1.29, 1.82) is 0 Å². The fraction of sp³-hybridized carbons (Fsp3) is 0.429. The second kappa shape index (κ2) is 6.32. The minimum Gasteiger partial charge on any atom is -0.271 e. The molecule has 0 bridgehead atoms. The maximum atomic E-state index is 13.5. The number of hydrogen-bond acceptors (Lipinski definition) is 2. The molecule has 18 heavy (non-hydrogen) atoms. The van der Waals surface area contributed by atoms with Gasteiger partial charge in [0.05, 0.1) is 11.1 Å². The molecule has 1 aromatic rings. The van der Waals surface area contributed by atoms with Gasteiger partial charge < -0.3 is 0 Å². The fourth-order valence-corrected chi connectivity index (χ4v) is 2.68. The molecule has 0 fully saturated rings. The number of allylic oxidation sites excluding steroid dienone is 1. The summed E-state index contributed by atoms with van der Waals surface area (Å²) >= 11 is 6.03. The molecule has 98 valence electrons. The molecule has 0 amide bonds. The summed E-state index contributed by atoms with van der Waals surface area (Å²) in [5.74, 6) is 5.23. The average molecular weight is 269 g/mol. The highest BCUT2D eigenvalue weighted by atomic mass is 35.5. The van der Waals surface area contributed by atoms with Crippen molar-refractivity contribution in [2.75, 3.05) is 0 Å². The third kappa shape index (κ3) is 2.91. The first-order valence-electron chi connectivity index (χ1n) is 6.33. The maximum absolute atomic E-state index is 13.5. The molecular formula is C14H18ClFN2. The summed E-state index contributed by atoms with van der Waals surface area (Å²) in [7, 11) is 0. The Kier molecular flexibility index (Phi) is 4.75. The summed E-state index contributed by atoms with van der Waals surface area (Å²) in [4.78, 5) is 0. The van der Waals surface area contributed by atoms with E-state index in [4.69, 9.17) is 17.4 Å². The van der Waals surface area contributed by atoms with Gasteiger partial charge in [-0.25, -0.2) is 9.82 Å². The number of benzene rings is 1. The minimum absolute atomic E-state index is 0.158. The Bertz CT molecular complexity index is 445. The lowest BCUT2D eigenvalue weighted by Gasteiger charge is -2.21. The molecule has 1 aliphatic rings. The van der Waals surface area contributed by atoms with Gasteiger partial charge in [-0.15, -0.1) is 0 Å². The normalized spacial score (nSPS) is 18.1. The molecule has 0 radical (unpaired) electrons. The Morgan fingerprint density at radius 1 is 1.28 bits per heavy atom. The van der Waals surface area contributed by atoms with Crippen LogP contribution in [0.4, 0.5) is 4.39 Å². The van der Waals surface area contributed by atoms with E-state index >= 15 is 0 Å². The van der Waals surface area contributed by atoms with E-state index in [0.717, 1.165) is 19.3 Å². The van der Waals surface area contributed by atoms with Gasteiger partial charge in [-0.1, -0.05) is 41.8 Å². The Morgan fingerprint density at radius 3 is 2.89 bits per heavy atom. The third-order valence-corrected chi connectivity index (χ3v) is 3.80. The van der Waals surface area contributed by atoms with Crippen molar-refractivity contribution in [3.8, 4) is 0 Å². The van der Waals surface area contributed by atoms with Gasteiger partial charge in [0.1, 0.15) is 5.82 Å². The molecule has 4 heteroatoms. The van der Waals surface area contributed by atoms with E-state index in [0.29, 0.717) is 5.56 Å². The largest absolute Gasteiger partial charge is 0.271 e. The smallest absolute Gasteiger partial charge is 0.142 e. The molecule has 0 heterocycles.